The van der Waals surface area contributed by atoms with E-state index in [1.807, 2.05) is 0 Å². The molecule has 3 nitrogen and oxygen atoms in total. The summed E-state index contributed by atoms with van der Waals surface area (Å²) in [6.07, 6.45) is 6.20. The summed E-state index contributed by atoms with van der Waals surface area (Å²) in [6, 6.07) is 0. The van der Waals surface area contributed by atoms with Gasteiger partial charge in [-0.3, -0.25) is 4.79 Å². The van der Waals surface area contributed by atoms with E-state index < -0.39 is 0 Å². The van der Waals surface area contributed by atoms with E-state index in [0.29, 0.717) is 24.3 Å². The number of carbonyl (C=O) groups is 1. The molecule has 0 spiro atoms. The van der Waals surface area contributed by atoms with Gasteiger partial charge in [-0.15, -0.1) is 0 Å². The summed E-state index contributed by atoms with van der Waals surface area (Å²) >= 11 is 0. The lowest BCUT2D eigenvalue weighted by Crippen LogP contribution is -2.40. The molecule has 4 atom stereocenters. The Morgan fingerprint density at radius 2 is 1.67 bits per heavy atom. The molecular weight excluding hydrogens is 226 g/mol. The molecular formula is C15H23NO2. The van der Waals surface area contributed by atoms with E-state index in [2.05, 4.69) is 4.90 Å². The Morgan fingerprint density at radius 1 is 1.06 bits per heavy atom. The first-order chi connectivity index (χ1) is 8.79. The molecule has 4 aliphatic rings. The van der Waals surface area contributed by atoms with Crippen molar-refractivity contribution in [2.24, 2.45) is 35.5 Å². The number of likely N-dealkylation sites (tertiary alicyclic amines) is 1. The van der Waals surface area contributed by atoms with Crippen molar-refractivity contribution in [2.75, 3.05) is 19.7 Å². The molecule has 4 fully saturated rings. The highest BCUT2D eigenvalue weighted by Gasteiger charge is 2.67. The standard InChI is InChI=1S/C15H23NO2/c17-8-9-3-5-16(6-4-9)15(18)14-12-10-1-2-11(7-10)13(12)14/h9-14,17H,1-8H2. The molecule has 3 aliphatic carbocycles. The molecule has 0 aromatic heterocycles. The normalized spacial score (nSPS) is 46.3. The van der Waals surface area contributed by atoms with E-state index in [9.17, 15) is 4.79 Å². The molecule has 3 heteroatoms. The van der Waals surface area contributed by atoms with Crippen LogP contribution in [0.25, 0.3) is 0 Å². The Balaban J connectivity index is 1.38. The van der Waals surface area contributed by atoms with Gasteiger partial charge in [0.2, 0.25) is 5.91 Å². The second kappa shape index (κ2) is 3.96. The van der Waals surface area contributed by atoms with Crippen LogP contribution in [0.5, 0.6) is 0 Å². The summed E-state index contributed by atoms with van der Waals surface area (Å²) in [6.45, 7) is 2.06. The first-order valence-electron chi connectivity index (χ1n) is 7.69. The van der Waals surface area contributed by atoms with Crippen molar-refractivity contribution >= 4 is 5.91 Å². The molecule has 1 amide bonds. The van der Waals surface area contributed by atoms with Crippen molar-refractivity contribution in [2.45, 2.75) is 32.1 Å². The fourth-order valence-electron chi connectivity index (χ4n) is 5.20. The molecule has 2 bridgehead atoms. The number of amides is 1. The third-order valence-electron chi connectivity index (χ3n) is 6.20. The fourth-order valence-corrected chi connectivity index (χ4v) is 5.20. The van der Waals surface area contributed by atoms with Crippen LogP contribution >= 0.6 is 0 Å². The van der Waals surface area contributed by atoms with Crippen molar-refractivity contribution in [1.82, 2.24) is 4.90 Å². The second-order valence-electron chi connectivity index (χ2n) is 6.96. The number of rotatable bonds is 2. The Morgan fingerprint density at radius 3 is 2.22 bits per heavy atom. The molecule has 4 unspecified atom stereocenters. The van der Waals surface area contributed by atoms with Crippen LogP contribution in [0.1, 0.15) is 32.1 Å². The number of nitrogens with zero attached hydrogens (tertiary/aromatic N) is 1. The van der Waals surface area contributed by atoms with Crippen molar-refractivity contribution in [3.8, 4) is 0 Å². The monoisotopic (exact) mass is 249 g/mol. The van der Waals surface area contributed by atoms with E-state index in [4.69, 9.17) is 5.11 Å². The van der Waals surface area contributed by atoms with Gasteiger partial charge in [-0.1, -0.05) is 0 Å². The van der Waals surface area contributed by atoms with Gasteiger partial charge >= 0.3 is 0 Å². The summed E-state index contributed by atoms with van der Waals surface area (Å²) in [7, 11) is 0. The van der Waals surface area contributed by atoms with Gasteiger partial charge < -0.3 is 10.0 Å². The van der Waals surface area contributed by atoms with Gasteiger partial charge in [0.1, 0.15) is 0 Å². The maximum Gasteiger partial charge on any atom is 0.226 e. The molecule has 1 heterocycles. The van der Waals surface area contributed by atoms with E-state index in [-0.39, 0.29) is 0 Å². The number of aliphatic hydroxyl groups excluding tert-OH is 1. The van der Waals surface area contributed by atoms with Crippen molar-refractivity contribution < 1.29 is 9.90 Å². The average Bonchev–Trinajstić information content (AvgIpc) is 2.85. The summed E-state index contributed by atoms with van der Waals surface area (Å²) < 4.78 is 0. The summed E-state index contributed by atoms with van der Waals surface area (Å²) in [5.41, 5.74) is 0. The van der Waals surface area contributed by atoms with Crippen molar-refractivity contribution in [3.63, 3.8) is 0 Å². The summed E-state index contributed by atoms with van der Waals surface area (Å²) in [5, 5.41) is 9.14. The predicted molar refractivity (Wildman–Crippen MR) is 67.7 cm³/mol. The molecule has 100 valence electrons. The minimum Gasteiger partial charge on any atom is -0.396 e. The number of piperidine rings is 1. The predicted octanol–water partition coefficient (Wildman–Crippen LogP) is 1.51. The summed E-state index contributed by atoms with van der Waals surface area (Å²) in [5.74, 6) is 4.62. The molecule has 4 rings (SSSR count). The number of hydrogen-bond donors (Lipinski definition) is 1. The van der Waals surface area contributed by atoms with Crippen LogP contribution in [-0.4, -0.2) is 35.6 Å². The largest absolute Gasteiger partial charge is 0.396 e. The van der Waals surface area contributed by atoms with E-state index >= 15 is 0 Å². The molecule has 0 aromatic carbocycles. The molecule has 0 aromatic rings. The lowest BCUT2D eigenvalue weighted by Gasteiger charge is -2.32. The Hall–Kier alpha value is -0.570. The molecule has 3 saturated carbocycles. The molecule has 1 aliphatic heterocycles. The number of hydrogen-bond acceptors (Lipinski definition) is 2. The Kier molecular flexibility index (Phi) is 2.48. The van der Waals surface area contributed by atoms with Crippen molar-refractivity contribution in [1.29, 1.82) is 0 Å². The van der Waals surface area contributed by atoms with Gasteiger partial charge in [0.25, 0.3) is 0 Å². The highest BCUT2D eigenvalue weighted by atomic mass is 16.3. The maximum absolute atomic E-state index is 12.6. The first-order valence-corrected chi connectivity index (χ1v) is 7.69. The third kappa shape index (κ3) is 1.49. The van der Waals surface area contributed by atoms with Crippen LogP contribution in [-0.2, 0) is 4.79 Å². The van der Waals surface area contributed by atoms with Gasteiger partial charge in [-0.05, 0) is 61.7 Å². The number of carbonyl (C=O) groups excluding carboxylic acids is 1. The zero-order chi connectivity index (χ0) is 12.3. The molecule has 0 radical (unpaired) electrons. The van der Waals surface area contributed by atoms with Crippen LogP contribution in [0.15, 0.2) is 0 Å². The topological polar surface area (TPSA) is 40.5 Å². The Bertz CT molecular complexity index is 346. The van der Waals surface area contributed by atoms with E-state index in [1.165, 1.54) is 19.3 Å². The average molecular weight is 249 g/mol. The van der Waals surface area contributed by atoms with Crippen molar-refractivity contribution in [3.05, 3.63) is 0 Å². The van der Waals surface area contributed by atoms with Gasteiger partial charge in [0.15, 0.2) is 0 Å². The van der Waals surface area contributed by atoms with E-state index in [0.717, 1.165) is 49.6 Å². The van der Waals surface area contributed by atoms with E-state index in [1.54, 1.807) is 0 Å². The summed E-state index contributed by atoms with van der Waals surface area (Å²) in [4.78, 5) is 14.6. The van der Waals surface area contributed by atoms with Gasteiger partial charge in [-0.2, -0.15) is 0 Å². The zero-order valence-electron chi connectivity index (χ0n) is 10.9. The van der Waals surface area contributed by atoms with Crippen LogP contribution in [0.3, 0.4) is 0 Å². The minimum absolute atomic E-state index is 0.293. The third-order valence-corrected chi connectivity index (χ3v) is 6.20. The van der Waals surface area contributed by atoms with Gasteiger partial charge in [0.05, 0.1) is 0 Å². The number of fused-ring (bicyclic) bond motifs is 5. The quantitative estimate of drug-likeness (QED) is 0.806. The van der Waals surface area contributed by atoms with Crippen LogP contribution < -0.4 is 0 Å². The SMILES string of the molecule is O=C(C1C2C3CCC(C3)C12)N1CCC(CO)CC1. The van der Waals surface area contributed by atoms with Crippen LogP contribution in [0.4, 0.5) is 0 Å². The van der Waals surface area contributed by atoms with Crippen LogP contribution in [0.2, 0.25) is 0 Å². The fraction of sp³-hybridized carbons (Fsp3) is 0.933. The van der Waals surface area contributed by atoms with Gasteiger partial charge in [0, 0.05) is 25.6 Å². The number of aliphatic hydroxyl groups is 1. The molecule has 18 heavy (non-hydrogen) atoms. The smallest absolute Gasteiger partial charge is 0.226 e. The lowest BCUT2D eigenvalue weighted by atomic mass is 9.96. The second-order valence-corrected chi connectivity index (χ2v) is 6.96. The zero-order valence-corrected chi connectivity index (χ0v) is 10.9. The maximum atomic E-state index is 12.6. The lowest BCUT2D eigenvalue weighted by molar-refractivity contribution is -0.135. The molecule has 1 N–H and O–H groups in total. The van der Waals surface area contributed by atoms with Gasteiger partial charge in [-0.25, -0.2) is 0 Å². The minimum atomic E-state index is 0.293. The first kappa shape index (κ1) is 11.3. The highest BCUT2D eigenvalue weighted by Crippen LogP contribution is 2.69. The van der Waals surface area contributed by atoms with Crippen LogP contribution in [0, 0.1) is 35.5 Å². The highest BCUT2D eigenvalue weighted by molar-refractivity contribution is 5.83. The Labute approximate surface area is 109 Å². The molecule has 1 saturated heterocycles.